The highest BCUT2D eigenvalue weighted by atomic mass is 127. The molecule has 0 saturated carbocycles. The van der Waals surface area contributed by atoms with Gasteiger partial charge in [-0.2, -0.15) is 0 Å². The van der Waals surface area contributed by atoms with Crippen LogP contribution in [0, 0.1) is 3.57 Å². The number of rotatable bonds is 2. The van der Waals surface area contributed by atoms with Crippen molar-refractivity contribution in [2.45, 2.75) is 0 Å². The number of nitrogens with one attached hydrogen (secondary N) is 1. The molecule has 2 rings (SSSR count). The first kappa shape index (κ1) is 10.4. The van der Waals surface area contributed by atoms with Crippen LogP contribution < -0.4 is 5.32 Å². The molecular formula is C11H10IN3. The van der Waals surface area contributed by atoms with Crippen LogP contribution in [0.3, 0.4) is 0 Å². The van der Waals surface area contributed by atoms with Gasteiger partial charge in [-0.1, -0.05) is 12.1 Å². The van der Waals surface area contributed by atoms with E-state index < -0.39 is 0 Å². The molecule has 0 aliphatic rings. The van der Waals surface area contributed by atoms with Crippen molar-refractivity contribution >= 4 is 28.5 Å². The van der Waals surface area contributed by atoms with E-state index in [-0.39, 0.29) is 0 Å². The summed E-state index contributed by atoms with van der Waals surface area (Å²) in [6.07, 6.45) is 1.76. The second-order valence-corrected chi connectivity index (χ2v) is 4.27. The molecule has 0 radical (unpaired) electrons. The number of anilines is 1. The van der Waals surface area contributed by atoms with Crippen molar-refractivity contribution in [2.75, 3.05) is 12.4 Å². The molecule has 0 unspecified atom stereocenters. The third-order valence-corrected chi connectivity index (χ3v) is 2.74. The summed E-state index contributed by atoms with van der Waals surface area (Å²) in [6, 6.07) is 10.2. The predicted octanol–water partition coefficient (Wildman–Crippen LogP) is 2.79. The Labute approximate surface area is 102 Å². The van der Waals surface area contributed by atoms with Crippen molar-refractivity contribution in [1.29, 1.82) is 0 Å². The first-order valence-electron chi connectivity index (χ1n) is 4.56. The fraction of sp³-hybridized carbons (Fsp3) is 0.0909. The maximum atomic E-state index is 4.37. The van der Waals surface area contributed by atoms with Crippen LogP contribution in [0.5, 0.6) is 0 Å². The topological polar surface area (TPSA) is 37.8 Å². The largest absolute Gasteiger partial charge is 0.357 e. The zero-order valence-corrected chi connectivity index (χ0v) is 10.4. The summed E-state index contributed by atoms with van der Waals surface area (Å²) in [7, 11) is 1.81. The van der Waals surface area contributed by atoms with Crippen molar-refractivity contribution < 1.29 is 0 Å². The van der Waals surface area contributed by atoms with Crippen LogP contribution in [0.1, 0.15) is 0 Å². The van der Waals surface area contributed by atoms with E-state index in [0.29, 0.717) is 5.95 Å². The Bertz CT molecular complexity index is 454. The van der Waals surface area contributed by atoms with Crippen LogP contribution in [0.2, 0.25) is 0 Å². The summed E-state index contributed by atoms with van der Waals surface area (Å²) in [5.41, 5.74) is 2.04. The quantitative estimate of drug-likeness (QED) is 0.867. The first-order chi connectivity index (χ1) is 7.29. The number of aromatic nitrogens is 2. The molecule has 0 aliphatic carbocycles. The van der Waals surface area contributed by atoms with E-state index in [0.717, 1.165) is 11.3 Å². The number of benzene rings is 1. The minimum Gasteiger partial charge on any atom is -0.357 e. The molecule has 0 atom stereocenters. The maximum absolute atomic E-state index is 4.37. The Balaban J connectivity index is 2.40. The van der Waals surface area contributed by atoms with Gasteiger partial charge in [0.15, 0.2) is 0 Å². The van der Waals surface area contributed by atoms with Crippen LogP contribution in [-0.2, 0) is 0 Å². The molecule has 0 saturated heterocycles. The lowest BCUT2D eigenvalue weighted by Gasteiger charge is -2.02. The van der Waals surface area contributed by atoms with E-state index in [1.807, 2.05) is 13.1 Å². The molecule has 1 aromatic heterocycles. The second kappa shape index (κ2) is 4.57. The summed E-state index contributed by atoms with van der Waals surface area (Å²) < 4.78 is 1.22. The monoisotopic (exact) mass is 311 g/mol. The molecule has 4 heteroatoms. The van der Waals surface area contributed by atoms with Gasteiger partial charge in [0.1, 0.15) is 0 Å². The number of nitrogens with zero attached hydrogens (tertiary/aromatic N) is 2. The predicted molar refractivity (Wildman–Crippen MR) is 69.7 cm³/mol. The van der Waals surface area contributed by atoms with Crippen molar-refractivity contribution in [1.82, 2.24) is 9.97 Å². The van der Waals surface area contributed by atoms with Gasteiger partial charge in [-0.05, 0) is 40.8 Å². The van der Waals surface area contributed by atoms with Crippen LogP contribution in [0.15, 0.2) is 36.5 Å². The summed E-state index contributed by atoms with van der Waals surface area (Å²) in [5, 5.41) is 2.92. The molecule has 1 aromatic carbocycles. The Kier molecular flexibility index (Phi) is 3.15. The van der Waals surface area contributed by atoms with Crippen LogP contribution in [0.25, 0.3) is 11.3 Å². The van der Waals surface area contributed by atoms with Gasteiger partial charge in [0.25, 0.3) is 0 Å². The lowest BCUT2D eigenvalue weighted by molar-refractivity contribution is 1.15. The fourth-order valence-corrected chi connectivity index (χ4v) is 1.62. The zero-order chi connectivity index (χ0) is 10.7. The normalized spacial score (nSPS) is 10.0. The SMILES string of the molecule is CNc1nccc(-c2ccc(I)cc2)n1. The molecule has 15 heavy (non-hydrogen) atoms. The van der Waals surface area contributed by atoms with Crippen molar-refractivity contribution in [2.24, 2.45) is 0 Å². The molecular weight excluding hydrogens is 301 g/mol. The van der Waals surface area contributed by atoms with Crippen molar-refractivity contribution in [3.05, 3.63) is 40.1 Å². The van der Waals surface area contributed by atoms with Crippen molar-refractivity contribution in [3.8, 4) is 11.3 Å². The van der Waals surface area contributed by atoms with Crippen LogP contribution in [0.4, 0.5) is 5.95 Å². The highest BCUT2D eigenvalue weighted by Crippen LogP contribution is 2.18. The molecule has 1 N–H and O–H groups in total. The smallest absolute Gasteiger partial charge is 0.222 e. The molecule has 0 spiro atoms. The standard InChI is InChI=1S/C11H10IN3/c1-13-11-14-7-6-10(15-11)8-2-4-9(12)5-3-8/h2-7H,1H3,(H,13,14,15). The Hall–Kier alpha value is -1.17. The third kappa shape index (κ3) is 2.44. The molecule has 0 aliphatic heterocycles. The van der Waals surface area contributed by atoms with E-state index in [4.69, 9.17) is 0 Å². The summed E-state index contributed by atoms with van der Waals surface area (Å²) >= 11 is 2.28. The Morgan fingerprint density at radius 3 is 2.53 bits per heavy atom. The van der Waals surface area contributed by atoms with Crippen LogP contribution in [-0.4, -0.2) is 17.0 Å². The molecule has 0 fully saturated rings. The molecule has 0 bridgehead atoms. The number of halogens is 1. The highest BCUT2D eigenvalue weighted by Gasteiger charge is 2.00. The van der Waals surface area contributed by atoms with Crippen molar-refractivity contribution in [3.63, 3.8) is 0 Å². The highest BCUT2D eigenvalue weighted by molar-refractivity contribution is 14.1. The molecule has 1 heterocycles. The minimum absolute atomic E-state index is 0.644. The summed E-state index contributed by atoms with van der Waals surface area (Å²) in [4.78, 5) is 8.44. The summed E-state index contributed by atoms with van der Waals surface area (Å²) in [5.74, 6) is 0.644. The molecule has 2 aromatic rings. The van der Waals surface area contributed by atoms with E-state index in [1.165, 1.54) is 3.57 Å². The Morgan fingerprint density at radius 1 is 1.13 bits per heavy atom. The van der Waals surface area contributed by atoms with E-state index in [1.54, 1.807) is 6.20 Å². The zero-order valence-electron chi connectivity index (χ0n) is 8.24. The molecule has 3 nitrogen and oxygen atoms in total. The van der Waals surface area contributed by atoms with E-state index in [9.17, 15) is 0 Å². The first-order valence-corrected chi connectivity index (χ1v) is 5.64. The van der Waals surface area contributed by atoms with Gasteiger partial charge in [-0.15, -0.1) is 0 Å². The van der Waals surface area contributed by atoms with E-state index in [2.05, 4.69) is 62.1 Å². The van der Waals surface area contributed by atoms with Gasteiger partial charge >= 0.3 is 0 Å². The van der Waals surface area contributed by atoms with Gasteiger partial charge < -0.3 is 5.32 Å². The van der Waals surface area contributed by atoms with E-state index >= 15 is 0 Å². The maximum Gasteiger partial charge on any atom is 0.222 e. The summed E-state index contributed by atoms with van der Waals surface area (Å²) in [6.45, 7) is 0. The van der Waals surface area contributed by atoms with Gasteiger partial charge in [-0.3, -0.25) is 0 Å². The van der Waals surface area contributed by atoms with Gasteiger partial charge in [0.05, 0.1) is 5.69 Å². The number of hydrogen-bond acceptors (Lipinski definition) is 3. The Morgan fingerprint density at radius 2 is 1.87 bits per heavy atom. The number of hydrogen-bond donors (Lipinski definition) is 1. The minimum atomic E-state index is 0.644. The van der Waals surface area contributed by atoms with Crippen LogP contribution >= 0.6 is 22.6 Å². The molecule has 76 valence electrons. The average molecular weight is 311 g/mol. The fourth-order valence-electron chi connectivity index (χ4n) is 1.26. The van der Waals surface area contributed by atoms with Gasteiger partial charge in [0.2, 0.25) is 5.95 Å². The third-order valence-electron chi connectivity index (χ3n) is 2.02. The molecule has 0 amide bonds. The van der Waals surface area contributed by atoms with Gasteiger partial charge in [-0.25, -0.2) is 9.97 Å². The average Bonchev–Trinajstić information content (AvgIpc) is 2.30. The lowest BCUT2D eigenvalue weighted by Crippen LogP contribution is -1.96. The second-order valence-electron chi connectivity index (χ2n) is 3.02. The van der Waals surface area contributed by atoms with Gasteiger partial charge in [0, 0.05) is 22.4 Å². The lowest BCUT2D eigenvalue weighted by atomic mass is 10.1.